The third-order valence-corrected chi connectivity index (χ3v) is 2.72. The van der Waals surface area contributed by atoms with E-state index in [9.17, 15) is 0 Å². The molecule has 17 heavy (non-hydrogen) atoms. The van der Waals surface area contributed by atoms with E-state index >= 15 is 0 Å². The highest BCUT2D eigenvalue weighted by atomic mass is 15.1. The van der Waals surface area contributed by atoms with Crippen LogP contribution in [-0.4, -0.2) is 36.1 Å². The van der Waals surface area contributed by atoms with E-state index in [2.05, 4.69) is 48.2 Å². The van der Waals surface area contributed by atoms with Gasteiger partial charge < -0.3 is 10.2 Å². The first-order valence-electron chi connectivity index (χ1n) is 6.49. The quantitative estimate of drug-likeness (QED) is 0.701. The summed E-state index contributed by atoms with van der Waals surface area (Å²) in [6, 6.07) is 4.76. The van der Waals surface area contributed by atoms with Crippen molar-refractivity contribution < 1.29 is 0 Å². The highest BCUT2D eigenvalue weighted by Gasteiger charge is 2.00. The molecule has 0 radical (unpaired) electrons. The van der Waals surface area contributed by atoms with Crippen molar-refractivity contribution in [1.82, 2.24) is 15.2 Å². The molecule has 1 N–H and O–H groups in total. The first kappa shape index (κ1) is 14.1. The van der Waals surface area contributed by atoms with Gasteiger partial charge in [-0.3, -0.25) is 4.98 Å². The number of hydrogen-bond acceptors (Lipinski definition) is 3. The predicted octanol–water partition coefficient (Wildman–Crippen LogP) is 2.29. The van der Waals surface area contributed by atoms with Gasteiger partial charge in [0.25, 0.3) is 0 Å². The van der Waals surface area contributed by atoms with Gasteiger partial charge in [0.15, 0.2) is 0 Å². The van der Waals surface area contributed by atoms with Gasteiger partial charge in [-0.1, -0.05) is 13.8 Å². The maximum Gasteiger partial charge on any atom is 0.0271 e. The summed E-state index contributed by atoms with van der Waals surface area (Å²) >= 11 is 0. The summed E-state index contributed by atoms with van der Waals surface area (Å²) in [5.41, 5.74) is 1.34. The second kappa shape index (κ2) is 8.20. The first-order chi connectivity index (χ1) is 8.18. The van der Waals surface area contributed by atoms with Crippen molar-refractivity contribution in [3.63, 3.8) is 0 Å². The van der Waals surface area contributed by atoms with Crippen LogP contribution in [0.1, 0.15) is 32.3 Å². The average Bonchev–Trinajstić information content (AvgIpc) is 2.29. The van der Waals surface area contributed by atoms with Crippen LogP contribution >= 0.6 is 0 Å². The lowest BCUT2D eigenvalue weighted by Gasteiger charge is -2.16. The van der Waals surface area contributed by atoms with Crippen LogP contribution in [0.4, 0.5) is 0 Å². The lowest BCUT2D eigenvalue weighted by molar-refractivity contribution is 0.317. The molecule has 0 spiro atoms. The molecule has 0 atom stereocenters. The molecule has 0 bridgehead atoms. The van der Waals surface area contributed by atoms with E-state index in [1.54, 1.807) is 0 Å². The number of aromatic nitrogens is 1. The Bertz CT molecular complexity index is 285. The number of pyridine rings is 1. The molecule has 96 valence electrons. The van der Waals surface area contributed by atoms with E-state index in [-0.39, 0.29) is 0 Å². The summed E-state index contributed by atoms with van der Waals surface area (Å²) < 4.78 is 0. The highest BCUT2D eigenvalue weighted by molar-refractivity contribution is 5.09. The van der Waals surface area contributed by atoms with Crippen LogP contribution in [0.15, 0.2) is 24.5 Å². The van der Waals surface area contributed by atoms with E-state index in [0.717, 1.165) is 19.6 Å². The van der Waals surface area contributed by atoms with Gasteiger partial charge >= 0.3 is 0 Å². The summed E-state index contributed by atoms with van der Waals surface area (Å²) in [5.74, 6) is 0. The Labute approximate surface area is 105 Å². The van der Waals surface area contributed by atoms with Crippen LogP contribution in [0, 0.1) is 0 Å². The molecular weight excluding hydrogens is 210 g/mol. The average molecular weight is 235 g/mol. The first-order valence-corrected chi connectivity index (χ1v) is 6.49. The molecule has 1 heterocycles. The van der Waals surface area contributed by atoms with Crippen molar-refractivity contribution in [3.8, 4) is 0 Å². The molecule has 0 aliphatic carbocycles. The van der Waals surface area contributed by atoms with E-state index in [4.69, 9.17) is 0 Å². The molecule has 1 aromatic heterocycles. The van der Waals surface area contributed by atoms with Crippen LogP contribution in [0.25, 0.3) is 0 Å². The molecule has 1 rings (SSSR count). The summed E-state index contributed by atoms with van der Waals surface area (Å²) in [6.45, 7) is 7.67. The van der Waals surface area contributed by atoms with Gasteiger partial charge in [0.2, 0.25) is 0 Å². The number of rotatable bonds is 8. The number of nitrogens with zero attached hydrogens (tertiary/aromatic N) is 2. The molecular formula is C14H25N3. The number of hydrogen-bond donors (Lipinski definition) is 1. The van der Waals surface area contributed by atoms with Crippen molar-refractivity contribution in [1.29, 1.82) is 0 Å². The van der Waals surface area contributed by atoms with Gasteiger partial charge in [0.1, 0.15) is 0 Å². The molecule has 0 fully saturated rings. The molecule has 1 aromatic rings. The molecule has 0 amide bonds. The third-order valence-electron chi connectivity index (χ3n) is 2.72. The van der Waals surface area contributed by atoms with E-state index < -0.39 is 0 Å². The lowest BCUT2D eigenvalue weighted by Crippen LogP contribution is -2.25. The molecule has 0 aliphatic heterocycles. The largest absolute Gasteiger partial charge is 0.315 e. The van der Waals surface area contributed by atoms with Crippen LogP contribution in [0.2, 0.25) is 0 Å². The number of nitrogens with one attached hydrogen (secondary N) is 1. The zero-order valence-electron chi connectivity index (χ0n) is 11.3. The fraction of sp³-hybridized carbons (Fsp3) is 0.643. The van der Waals surface area contributed by atoms with E-state index in [0.29, 0.717) is 6.04 Å². The smallest absolute Gasteiger partial charge is 0.0271 e. The summed E-state index contributed by atoms with van der Waals surface area (Å²) in [4.78, 5) is 6.39. The van der Waals surface area contributed by atoms with Gasteiger partial charge in [-0.2, -0.15) is 0 Å². The third kappa shape index (κ3) is 7.08. The normalized spacial score (nSPS) is 11.4. The van der Waals surface area contributed by atoms with Gasteiger partial charge in [0.05, 0.1) is 0 Å². The standard InChI is InChI=1S/C14H25N3/c1-13(2)16-8-4-5-11-17(3)12-14-6-9-15-10-7-14/h6-7,9-10,13,16H,4-5,8,11-12H2,1-3H3. The minimum Gasteiger partial charge on any atom is -0.315 e. The monoisotopic (exact) mass is 235 g/mol. The Morgan fingerprint density at radius 2 is 1.94 bits per heavy atom. The number of unbranched alkanes of at least 4 members (excludes halogenated alkanes) is 1. The Morgan fingerprint density at radius 1 is 1.24 bits per heavy atom. The molecule has 0 unspecified atom stereocenters. The van der Waals surface area contributed by atoms with Gasteiger partial charge in [0, 0.05) is 25.0 Å². The molecule has 0 saturated heterocycles. The van der Waals surface area contributed by atoms with Gasteiger partial charge in [-0.25, -0.2) is 0 Å². The van der Waals surface area contributed by atoms with Crippen molar-refractivity contribution in [2.75, 3.05) is 20.1 Å². The zero-order chi connectivity index (χ0) is 12.5. The lowest BCUT2D eigenvalue weighted by atomic mass is 10.2. The fourth-order valence-electron chi connectivity index (χ4n) is 1.78. The van der Waals surface area contributed by atoms with Crippen LogP contribution in [0.5, 0.6) is 0 Å². The second-order valence-electron chi connectivity index (χ2n) is 4.91. The van der Waals surface area contributed by atoms with Crippen LogP contribution < -0.4 is 5.32 Å². The van der Waals surface area contributed by atoms with Crippen molar-refractivity contribution in [2.24, 2.45) is 0 Å². The van der Waals surface area contributed by atoms with E-state index in [1.807, 2.05) is 12.4 Å². The van der Waals surface area contributed by atoms with Gasteiger partial charge in [-0.05, 0) is 50.7 Å². The SMILES string of the molecule is CC(C)NCCCCN(C)Cc1ccncc1. The van der Waals surface area contributed by atoms with Crippen molar-refractivity contribution >= 4 is 0 Å². The Balaban J connectivity index is 2.07. The van der Waals surface area contributed by atoms with Crippen LogP contribution in [0.3, 0.4) is 0 Å². The maximum atomic E-state index is 4.03. The fourth-order valence-corrected chi connectivity index (χ4v) is 1.78. The molecule has 0 saturated carbocycles. The summed E-state index contributed by atoms with van der Waals surface area (Å²) in [6.07, 6.45) is 6.21. The molecule has 0 aromatic carbocycles. The highest BCUT2D eigenvalue weighted by Crippen LogP contribution is 2.02. The molecule has 3 heteroatoms. The van der Waals surface area contributed by atoms with Crippen LogP contribution in [-0.2, 0) is 6.54 Å². The van der Waals surface area contributed by atoms with Gasteiger partial charge in [-0.15, -0.1) is 0 Å². The maximum absolute atomic E-state index is 4.03. The van der Waals surface area contributed by atoms with E-state index in [1.165, 1.54) is 18.4 Å². The Morgan fingerprint density at radius 3 is 2.59 bits per heavy atom. The minimum atomic E-state index is 0.601. The van der Waals surface area contributed by atoms with Crippen molar-refractivity contribution in [3.05, 3.63) is 30.1 Å². The molecule has 3 nitrogen and oxygen atoms in total. The topological polar surface area (TPSA) is 28.2 Å². The van der Waals surface area contributed by atoms with Crippen molar-refractivity contribution in [2.45, 2.75) is 39.3 Å². The zero-order valence-corrected chi connectivity index (χ0v) is 11.3. The molecule has 0 aliphatic rings. The minimum absolute atomic E-state index is 0.601. The summed E-state index contributed by atoms with van der Waals surface area (Å²) in [7, 11) is 2.18. The Hall–Kier alpha value is -0.930. The Kier molecular flexibility index (Phi) is 6.82. The summed E-state index contributed by atoms with van der Waals surface area (Å²) in [5, 5.41) is 3.44. The predicted molar refractivity (Wildman–Crippen MR) is 72.9 cm³/mol. The second-order valence-corrected chi connectivity index (χ2v) is 4.91.